The minimum Gasteiger partial charge on any atom is -0.493 e. The van der Waals surface area contributed by atoms with Crippen molar-refractivity contribution in [1.29, 1.82) is 0 Å². The molecule has 2 amide bonds. The minimum absolute atomic E-state index is 0. The van der Waals surface area contributed by atoms with Gasteiger partial charge >= 0.3 is 5.97 Å². The Morgan fingerprint density at radius 2 is 1.84 bits per heavy atom. The zero-order chi connectivity index (χ0) is 21.7. The molecule has 1 fully saturated rings. The fourth-order valence-corrected chi connectivity index (χ4v) is 3.42. The van der Waals surface area contributed by atoms with Crippen LogP contribution in [-0.2, 0) is 20.7 Å². The van der Waals surface area contributed by atoms with Crippen molar-refractivity contribution in [3.05, 3.63) is 58.5 Å². The highest BCUT2D eigenvalue weighted by Crippen LogP contribution is 2.34. The van der Waals surface area contributed by atoms with Gasteiger partial charge in [0.05, 0.1) is 19.1 Å². The SMILES string of the molecule is COC(=O)[C@@H](N)Cc1ccc(Oc2ccc(C=C3SC(=O)NC3=O)cc2OC)cc1.Cl. The van der Waals surface area contributed by atoms with Crippen LogP contribution >= 0.6 is 24.2 Å². The van der Waals surface area contributed by atoms with Crippen LogP contribution in [0.5, 0.6) is 17.2 Å². The normalized spacial score (nSPS) is 15.1. The predicted octanol–water partition coefficient (Wildman–Crippen LogP) is 3.28. The molecule has 2 aromatic rings. The summed E-state index contributed by atoms with van der Waals surface area (Å²) in [6.45, 7) is 0. The molecule has 0 aliphatic carbocycles. The molecule has 10 heteroatoms. The summed E-state index contributed by atoms with van der Waals surface area (Å²) in [7, 11) is 2.81. The van der Waals surface area contributed by atoms with Gasteiger partial charge in [0.15, 0.2) is 11.5 Å². The summed E-state index contributed by atoms with van der Waals surface area (Å²) in [5, 5.41) is 1.82. The van der Waals surface area contributed by atoms with E-state index in [1.165, 1.54) is 14.2 Å². The number of benzene rings is 2. The highest BCUT2D eigenvalue weighted by molar-refractivity contribution is 8.18. The van der Waals surface area contributed by atoms with Crippen LogP contribution in [0.25, 0.3) is 6.08 Å². The van der Waals surface area contributed by atoms with Crippen molar-refractivity contribution in [1.82, 2.24) is 5.32 Å². The monoisotopic (exact) mass is 464 g/mol. The van der Waals surface area contributed by atoms with Crippen LogP contribution in [0.15, 0.2) is 47.4 Å². The zero-order valence-corrected chi connectivity index (χ0v) is 18.4. The molecule has 31 heavy (non-hydrogen) atoms. The van der Waals surface area contributed by atoms with Crippen molar-refractivity contribution in [3.8, 4) is 17.2 Å². The van der Waals surface area contributed by atoms with Crippen LogP contribution in [0, 0.1) is 0 Å². The van der Waals surface area contributed by atoms with E-state index >= 15 is 0 Å². The smallest absolute Gasteiger partial charge is 0.322 e. The molecule has 3 rings (SSSR count). The number of rotatable bonds is 7. The highest BCUT2D eigenvalue weighted by atomic mass is 35.5. The van der Waals surface area contributed by atoms with Gasteiger partial charge in [0.1, 0.15) is 11.8 Å². The molecule has 1 aliphatic rings. The number of hydrogen-bond acceptors (Lipinski definition) is 8. The first-order valence-corrected chi connectivity index (χ1v) is 9.74. The molecule has 0 spiro atoms. The molecule has 1 aliphatic heterocycles. The van der Waals surface area contributed by atoms with Crippen molar-refractivity contribution in [3.63, 3.8) is 0 Å². The summed E-state index contributed by atoms with van der Waals surface area (Å²) in [5.74, 6) is 0.643. The molecule has 0 bridgehead atoms. The lowest BCUT2D eigenvalue weighted by molar-refractivity contribution is -0.142. The second-order valence-corrected chi connectivity index (χ2v) is 7.36. The van der Waals surface area contributed by atoms with Crippen molar-refractivity contribution in [2.75, 3.05) is 14.2 Å². The maximum absolute atomic E-state index is 11.7. The molecule has 0 saturated carbocycles. The topological polar surface area (TPSA) is 117 Å². The van der Waals surface area contributed by atoms with E-state index in [2.05, 4.69) is 10.1 Å². The number of amides is 2. The van der Waals surface area contributed by atoms with Gasteiger partial charge in [0, 0.05) is 0 Å². The molecular weight excluding hydrogens is 444 g/mol. The summed E-state index contributed by atoms with van der Waals surface area (Å²) in [6, 6.07) is 11.6. The Hall–Kier alpha value is -3.01. The second kappa shape index (κ2) is 10.9. The van der Waals surface area contributed by atoms with Crippen LogP contribution in [0.2, 0.25) is 0 Å². The average Bonchev–Trinajstić information content (AvgIpc) is 3.06. The van der Waals surface area contributed by atoms with Crippen LogP contribution < -0.4 is 20.5 Å². The number of hydrogen-bond donors (Lipinski definition) is 2. The fraction of sp³-hybridized carbons (Fsp3) is 0.190. The molecule has 2 aromatic carbocycles. The number of halogens is 1. The maximum atomic E-state index is 11.7. The number of carbonyl (C=O) groups excluding carboxylic acids is 3. The van der Waals surface area contributed by atoms with E-state index in [1.54, 1.807) is 36.4 Å². The van der Waals surface area contributed by atoms with Crippen LogP contribution in [0.1, 0.15) is 11.1 Å². The van der Waals surface area contributed by atoms with E-state index in [0.717, 1.165) is 17.3 Å². The molecule has 1 heterocycles. The van der Waals surface area contributed by atoms with Gasteiger partial charge in [-0.05, 0) is 59.7 Å². The van der Waals surface area contributed by atoms with E-state index in [4.69, 9.17) is 15.2 Å². The van der Waals surface area contributed by atoms with Crippen LogP contribution in [0.3, 0.4) is 0 Å². The van der Waals surface area contributed by atoms with Crippen LogP contribution in [-0.4, -0.2) is 37.4 Å². The minimum atomic E-state index is -0.723. The number of nitrogens with one attached hydrogen (secondary N) is 1. The molecule has 164 valence electrons. The number of methoxy groups -OCH3 is 2. The maximum Gasteiger partial charge on any atom is 0.322 e. The first-order chi connectivity index (χ1) is 14.4. The van der Waals surface area contributed by atoms with Crippen molar-refractivity contribution >= 4 is 47.4 Å². The third-order valence-corrected chi connectivity index (χ3v) is 5.05. The Kier molecular flexibility index (Phi) is 8.49. The number of imide groups is 1. The number of thioether (sulfide) groups is 1. The van der Waals surface area contributed by atoms with Crippen molar-refractivity contribution in [2.45, 2.75) is 12.5 Å². The standard InChI is InChI=1S/C21H20N2O6S.ClH/c1-27-17-10-13(11-18-19(24)23-21(26)30-18)5-8-16(17)29-14-6-3-12(4-7-14)9-15(22)20(25)28-2;/h3-8,10-11,15H,9,22H2,1-2H3,(H,23,24,26);1H/t15-;/m0./s1. The molecule has 1 saturated heterocycles. The highest BCUT2D eigenvalue weighted by Gasteiger charge is 2.25. The Labute approximate surface area is 189 Å². The van der Waals surface area contributed by atoms with E-state index in [-0.39, 0.29) is 12.4 Å². The average molecular weight is 465 g/mol. The zero-order valence-electron chi connectivity index (χ0n) is 16.7. The van der Waals surface area contributed by atoms with E-state index in [1.807, 2.05) is 12.1 Å². The number of carbonyl (C=O) groups is 3. The lowest BCUT2D eigenvalue weighted by Crippen LogP contribution is -2.33. The first-order valence-electron chi connectivity index (χ1n) is 8.92. The van der Waals surface area contributed by atoms with E-state index in [0.29, 0.717) is 34.1 Å². The second-order valence-electron chi connectivity index (χ2n) is 6.34. The summed E-state index contributed by atoms with van der Waals surface area (Å²) in [6.07, 6.45) is 1.96. The molecule has 8 nitrogen and oxygen atoms in total. The van der Waals surface area contributed by atoms with Gasteiger partial charge in [-0.3, -0.25) is 19.7 Å². The Bertz CT molecular complexity index is 1010. The number of nitrogens with two attached hydrogens (primary N) is 1. The first kappa shape index (κ1) is 24.3. The Morgan fingerprint density at radius 1 is 1.13 bits per heavy atom. The van der Waals surface area contributed by atoms with Gasteiger partial charge in [-0.2, -0.15) is 0 Å². The fourth-order valence-electron chi connectivity index (χ4n) is 2.74. The lowest BCUT2D eigenvalue weighted by atomic mass is 10.1. The third-order valence-electron chi connectivity index (χ3n) is 4.24. The van der Waals surface area contributed by atoms with Crippen LogP contribution in [0.4, 0.5) is 4.79 Å². The van der Waals surface area contributed by atoms with Crippen molar-refractivity contribution in [2.24, 2.45) is 5.73 Å². The molecule has 1 atom stereocenters. The quantitative estimate of drug-likeness (QED) is 0.473. The lowest BCUT2D eigenvalue weighted by Gasteiger charge is -2.12. The molecular formula is C21H21ClN2O6S. The summed E-state index contributed by atoms with van der Waals surface area (Å²) >= 11 is 0.849. The predicted molar refractivity (Wildman–Crippen MR) is 120 cm³/mol. The van der Waals surface area contributed by atoms with Gasteiger partial charge in [0.25, 0.3) is 11.1 Å². The summed E-state index contributed by atoms with van der Waals surface area (Å²) in [5.41, 5.74) is 7.34. The largest absolute Gasteiger partial charge is 0.493 e. The van der Waals surface area contributed by atoms with E-state index in [9.17, 15) is 14.4 Å². The van der Waals surface area contributed by atoms with Gasteiger partial charge in [-0.25, -0.2) is 0 Å². The van der Waals surface area contributed by atoms with Gasteiger partial charge in [-0.15, -0.1) is 12.4 Å². The summed E-state index contributed by atoms with van der Waals surface area (Å²) < 4.78 is 15.9. The summed E-state index contributed by atoms with van der Waals surface area (Å²) in [4.78, 5) is 34.7. The third kappa shape index (κ3) is 6.24. The molecule has 0 radical (unpaired) electrons. The molecule has 0 unspecified atom stereocenters. The van der Waals surface area contributed by atoms with Gasteiger partial charge in [0.2, 0.25) is 0 Å². The Balaban J connectivity index is 0.00000341. The molecule has 0 aromatic heterocycles. The van der Waals surface area contributed by atoms with E-state index < -0.39 is 23.2 Å². The molecule has 3 N–H and O–H groups in total. The Morgan fingerprint density at radius 3 is 2.42 bits per heavy atom. The number of esters is 1. The number of ether oxygens (including phenoxy) is 3. The van der Waals surface area contributed by atoms with Gasteiger partial charge < -0.3 is 19.9 Å². The van der Waals surface area contributed by atoms with Crippen molar-refractivity contribution < 1.29 is 28.6 Å². The van der Waals surface area contributed by atoms with Gasteiger partial charge in [-0.1, -0.05) is 18.2 Å².